The van der Waals surface area contributed by atoms with Crippen molar-refractivity contribution in [2.24, 2.45) is 5.10 Å². The number of amides is 2. The van der Waals surface area contributed by atoms with Crippen LogP contribution in [0.4, 0.5) is 0 Å². The van der Waals surface area contributed by atoms with Crippen LogP contribution in [0, 0.1) is 6.92 Å². The molecule has 138 valence electrons. The van der Waals surface area contributed by atoms with Crippen LogP contribution in [0.3, 0.4) is 0 Å². The summed E-state index contributed by atoms with van der Waals surface area (Å²) >= 11 is 0. The van der Waals surface area contributed by atoms with E-state index in [1.54, 1.807) is 6.21 Å². The SMILES string of the molecule is CCCCCCCCCC(=O)NCC(=O)NN=Cc1ccc(C)cc1. The number of hydrazone groups is 1. The van der Waals surface area contributed by atoms with Crippen LogP contribution in [0.25, 0.3) is 0 Å². The number of hydrogen-bond donors (Lipinski definition) is 2. The summed E-state index contributed by atoms with van der Waals surface area (Å²) < 4.78 is 0. The molecule has 0 aromatic heterocycles. The van der Waals surface area contributed by atoms with Gasteiger partial charge in [0.25, 0.3) is 5.91 Å². The van der Waals surface area contributed by atoms with Gasteiger partial charge < -0.3 is 5.32 Å². The van der Waals surface area contributed by atoms with Crippen LogP contribution >= 0.6 is 0 Å². The van der Waals surface area contributed by atoms with E-state index in [9.17, 15) is 9.59 Å². The molecule has 2 amide bonds. The summed E-state index contributed by atoms with van der Waals surface area (Å²) in [4.78, 5) is 23.3. The Bertz CT molecular complexity index is 538. The molecule has 0 aliphatic rings. The predicted octanol–water partition coefficient (Wildman–Crippen LogP) is 3.70. The van der Waals surface area contributed by atoms with E-state index in [0.29, 0.717) is 6.42 Å². The van der Waals surface area contributed by atoms with Gasteiger partial charge in [0.05, 0.1) is 12.8 Å². The molecule has 0 fully saturated rings. The summed E-state index contributed by atoms with van der Waals surface area (Å²) in [7, 11) is 0. The van der Waals surface area contributed by atoms with Gasteiger partial charge in [-0.05, 0) is 18.9 Å². The van der Waals surface area contributed by atoms with Crippen LogP contribution in [-0.4, -0.2) is 24.6 Å². The maximum Gasteiger partial charge on any atom is 0.259 e. The van der Waals surface area contributed by atoms with Crippen LogP contribution in [0.2, 0.25) is 0 Å². The monoisotopic (exact) mass is 345 g/mol. The zero-order valence-corrected chi connectivity index (χ0v) is 15.5. The third kappa shape index (κ3) is 11.1. The molecular formula is C20H31N3O2. The molecule has 0 aliphatic carbocycles. The lowest BCUT2D eigenvalue weighted by Gasteiger charge is -2.04. The van der Waals surface area contributed by atoms with E-state index < -0.39 is 0 Å². The number of carbonyl (C=O) groups is 2. The Labute approximate surface area is 151 Å². The lowest BCUT2D eigenvalue weighted by Crippen LogP contribution is -2.34. The molecule has 1 aromatic rings. The lowest BCUT2D eigenvalue weighted by molar-refractivity contribution is -0.126. The Balaban J connectivity index is 2.06. The van der Waals surface area contributed by atoms with E-state index in [1.165, 1.54) is 37.7 Å². The van der Waals surface area contributed by atoms with Gasteiger partial charge in [-0.25, -0.2) is 5.43 Å². The number of unbranched alkanes of at least 4 members (excludes halogenated alkanes) is 6. The Morgan fingerprint density at radius 2 is 1.60 bits per heavy atom. The standard InChI is InChI=1S/C20H31N3O2/c1-3-4-5-6-7-8-9-10-19(24)21-16-20(25)23-22-15-18-13-11-17(2)12-14-18/h11-15H,3-10,16H2,1-2H3,(H,21,24)(H,23,25). The van der Waals surface area contributed by atoms with Crippen LogP contribution in [-0.2, 0) is 9.59 Å². The molecule has 0 saturated heterocycles. The molecule has 5 heteroatoms. The summed E-state index contributed by atoms with van der Waals surface area (Å²) in [5.74, 6) is -0.400. The van der Waals surface area contributed by atoms with Gasteiger partial charge in [-0.15, -0.1) is 0 Å². The van der Waals surface area contributed by atoms with E-state index in [4.69, 9.17) is 0 Å². The number of aryl methyl sites for hydroxylation is 1. The molecule has 1 aromatic carbocycles. The molecule has 0 aliphatic heterocycles. The van der Waals surface area contributed by atoms with Gasteiger partial charge in [0.2, 0.25) is 5.91 Å². The number of benzene rings is 1. The highest BCUT2D eigenvalue weighted by Gasteiger charge is 2.04. The molecule has 0 unspecified atom stereocenters. The number of carbonyl (C=O) groups excluding carboxylic acids is 2. The average molecular weight is 345 g/mol. The van der Waals surface area contributed by atoms with E-state index in [-0.39, 0.29) is 18.4 Å². The van der Waals surface area contributed by atoms with Crippen LogP contribution in [0.15, 0.2) is 29.4 Å². The molecule has 0 atom stereocenters. The highest BCUT2D eigenvalue weighted by atomic mass is 16.2. The van der Waals surface area contributed by atoms with Crippen LogP contribution < -0.4 is 10.7 Å². The number of nitrogens with zero attached hydrogens (tertiary/aromatic N) is 1. The molecule has 25 heavy (non-hydrogen) atoms. The molecule has 0 radical (unpaired) electrons. The molecule has 0 heterocycles. The maximum absolute atomic E-state index is 11.7. The molecular weight excluding hydrogens is 314 g/mol. The van der Waals surface area contributed by atoms with Crippen molar-refractivity contribution >= 4 is 18.0 Å². The first-order valence-corrected chi connectivity index (χ1v) is 9.27. The van der Waals surface area contributed by atoms with E-state index >= 15 is 0 Å². The summed E-state index contributed by atoms with van der Waals surface area (Å²) in [6.07, 6.45) is 10.3. The largest absolute Gasteiger partial charge is 0.347 e. The quantitative estimate of drug-likeness (QED) is 0.344. The summed E-state index contributed by atoms with van der Waals surface area (Å²) in [5.41, 5.74) is 4.50. The number of rotatable bonds is 12. The van der Waals surface area contributed by atoms with Crippen molar-refractivity contribution in [3.8, 4) is 0 Å². The first-order valence-electron chi connectivity index (χ1n) is 9.27. The van der Waals surface area contributed by atoms with Crippen LogP contribution in [0.5, 0.6) is 0 Å². The minimum absolute atomic E-state index is 0.0411. The Hall–Kier alpha value is -2.17. The smallest absolute Gasteiger partial charge is 0.259 e. The molecule has 1 rings (SSSR count). The van der Waals surface area contributed by atoms with Gasteiger partial charge >= 0.3 is 0 Å². The second kappa shape index (κ2) is 13.2. The molecule has 5 nitrogen and oxygen atoms in total. The third-order valence-corrected chi connectivity index (χ3v) is 3.93. The fourth-order valence-electron chi connectivity index (χ4n) is 2.38. The van der Waals surface area contributed by atoms with Gasteiger partial charge in [0, 0.05) is 6.42 Å². The molecule has 0 saturated carbocycles. The van der Waals surface area contributed by atoms with E-state index in [1.807, 2.05) is 31.2 Å². The van der Waals surface area contributed by atoms with Crippen molar-refractivity contribution in [2.45, 2.75) is 65.2 Å². The minimum Gasteiger partial charge on any atom is -0.347 e. The highest BCUT2D eigenvalue weighted by molar-refractivity contribution is 5.86. The van der Waals surface area contributed by atoms with Gasteiger partial charge in [-0.2, -0.15) is 5.10 Å². The van der Waals surface area contributed by atoms with E-state index in [0.717, 1.165) is 18.4 Å². The van der Waals surface area contributed by atoms with Gasteiger partial charge in [-0.3, -0.25) is 9.59 Å². The maximum atomic E-state index is 11.7. The fraction of sp³-hybridized carbons (Fsp3) is 0.550. The van der Waals surface area contributed by atoms with Crippen molar-refractivity contribution in [1.82, 2.24) is 10.7 Å². The molecule has 0 bridgehead atoms. The molecule has 2 N–H and O–H groups in total. The van der Waals surface area contributed by atoms with Crippen molar-refractivity contribution < 1.29 is 9.59 Å². The first-order chi connectivity index (χ1) is 12.1. The van der Waals surface area contributed by atoms with Crippen molar-refractivity contribution in [1.29, 1.82) is 0 Å². The van der Waals surface area contributed by atoms with Crippen LogP contribution in [0.1, 0.15) is 69.4 Å². The average Bonchev–Trinajstić information content (AvgIpc) is 2.61. The zero-order chi connectivity index (χ0) is 18.3. The first kappa shape index (κ1) is 20.9. The summed E-state index contributed by atoms with van der Waals surface area (Å²) in [6, 6.07) is 7.81. The topological polar surface area (TPSA) is 70.6 Å². The zero-order valence-electron chi connectivity index (χ0n) is 15.5. The van der Waals surface area contributed by atoms with Gasteiger partial charge in [-0.1, -0.05) is 75.3 Å². The lowest BCUT2D eigenvalue weighted by atomic mass is 10.1. The normalized spacial score (nSPS) is 10.8. The summed E-state index contributed by atoms with van der Waals surface area (Å²) in [6.45, 7) is 4.17. The molecule has 0 spiro atoms. The second-order valence-corrected chi connectivity index (χ2v) is 6.35. The van der Waals surface area contributed by atoms with E-state index in [2.05, 4.69) is 22.8 Å². The van der Waals surface area contributed by atoms with Crippen molar-refractivity contribution in [3.63, 3.8) is 0 Å². The number of nitrogens with one attached hydrogen (secondary N) is 2. The Morgan fingerprint density at radius 1 is 0.960 bits per heavy atom. The minimum atomic E-state index is -0.323. The Morgan fingerprint density at radius 3 is 2.28 bits per heavy atom. The van der Waals surface area contributed by atoms with Gasteiger partial charge in [0.15, 0.2) is 0 Å². The summed E-state index contributed by atoms with van der Waals surface area (Å²) in [5, 5.41) is 6.51. The number of hydrogen-bond acceptors (Lipinski definition) is 3. The fourth-order valence-corrected chi connectivity index (χ4v) is 2.38. The Kier molecular flexibility index (Phi) is 11.0. The third-order valence-electron chi connectivity index (χ3n) is 3.93. The second-order valence-electron chi connectivity index (χ2n) is 6.35. The highest BCUT2D eigenvalue weighted by Crippen LogP contribution is 2.08. The van der Waals surface area contributed by atoms with Crippen molar-refractivity contribution in [3.05, 3.63) is 35.4 Å². The van der Waals surface area contributed by atoms with Gasteiger partial charge in [0.1, 0.15) is 0 Å². The van der Waals surface area contributed by atoms with Crippen molar-refractivity contribution in [2.75, 3.05) is 6.54 Å². The predicted molar refractivity (Wildman–Crippen MR) is 103 cm³/mol.